The van der Waals surface area contributed by atoms with Crippen LogP contribution in [0.2, 0.25) is 0 Å². The minimum atomic E-state index is 0.639. The lowest BCUT2D eigenvalue weighted by molar-refractivity contribution is 0.295. The Balaban J connectivity index is 2.09. The van der Waals surface area contributed by atoms with Crippen LogP contribution in [0.25, 0.3) is 0 Å². The largest absolute Gasteiger partial charge is 0.492 e. The standard InChI is InChI=1S/C12H14BrNO/c13-11-3-1-2-9-10-7-14-6-8(10)4-5-15-12(9)11/h1-3,8,10,14H,4-7H2. The van der Waals surface area contributed by atoms with Gasteiger partial charge >= 0.3 is 0 Å². The maximum atomic E-state index is 5.84. The third kappa shape index (κ3) is 1.58. The molecule has 3 rings (SSSR count). The van der Waals surface area contributed by atoms with Crippen LogP contribution in [-0.4, -0.2) is 19.7 Å². The number of ether oxygens (including phenoxy) is 1. The van der Waals surface area contributed by atoms with Gasteiger partial charge in [0.2, 0.25) is 0 Å². The van der Waals surface area contributed by atoms with Crippen LogP contribution in [-0.2, 0) is 0 Å². The Morgan fingerprint density at radius 2 is 2.27 bits per heavy atom. The summed E-state index contributed by atoms with van der Waals surface area (Å²) in [5.41, 5.74) is 1.37. The minimum absolute atomic E-state index is 0.639. The summed E-state index contributed by atoms with van der Waals surface area (Å²) in [6, 6.07) is 6.37. The van der Waals surface area contributed by atoms with Gasteiger partial charge in [-0.3, -0.25) is 0 Å². The Kier molecular flexibility index (Phi) is 2.45. The molecule has 1 aromatic rings. The molecule has 2 heterocycles. The van der Waals surface area contributed by atoms with Gasteiger partial charge in [0, 0.05) is 12.5 Å². The summed E-state index contributed by atoms with van der Waals surface area (Å²) < 4.78 is 6.93. The third-order valence-electron chi connectivity index (χ3n) is 3.47. The zero-order chi connectivity index (χ0) is 10.3. The predicted molar refractivity (Wildman–Crippen MR) is 63.4 cm³/mol. The molecule has 80 valence electrons. The van der Waals surface area contributed by atoms with Crippen molar-refractivity contribution in [3.8, 4) is 5.75 Å². The fourth-order valence-corrected chi connectivity index (χ4v) is 3.18. The first-order valence-corrected chi connectivity index (χ1v) is 6.27. The van der Waals surface area contributed by atoms with Gasteiger partial charge in [-0.25, -0.2) is 0 Å². The van der Waals surface area contributed by atoms with Crippen LogP contribution in [0.15, 0.2) is 22.7 Å². The first-order chi connectivity index (χ1) is 7.36. The van der Waals surface area contributed by atoms with E-state index in [-0.39, 0.29) is 0 Å². The molecule has 2 atom stereocenters. The van der Waals surface area contributed by atoms with E-state index in [1.54, 1.807) is 0 Å². The molecule has 1 N–H and O–H groups in total. The molecule has 0 spiro atoms. The first kappa shape index (κ1) is 9.67. The molecule has 15 heavy (non-hydrogen) atoms. The van der Waals surface area contributed by atoms with Crippen molar-refractivity contribution in [3.05, 3.63) is 28.2 Å². The number of para-hydroxylation sites is 1. The lowest BCUT2D eigenvalue weighted by Gasteiger charge is -2.16. The van der Waals surface area contributed by atoms with Crippen LogP contribution in [0.1, 0.15) is 17.9 Å². The number of fused-ring (bicyclic) bond motifs is 3. The average molecular weight is 268 g/mol. The second-order valence-corrected chi connectivity index (χ2v) is 5.17. The van der Waals surface area contributed by atoms with E-state index in [4.69, 9.17) is 4.74 Å². The van der Waals surface area contributed by atoms with Gasteiger partial charge in [0.15, 0.2) is 0 Å². The van der Waals surface area contributed by atoms with E-state index in [9.17, 15) is 0 Å². The molecule has 1 saturated heterocycles. The summed E-state index contributed by atoms with van der Waals surface area (Å²) in [5, 5.41) is 3.48. The van der Waals surface area contributed by atoms with Crippen molar-refractivity contribution in [1.82, 2.24) is 5.32 Å². The third-order valence-corrected chi connectivity index (χ3v) is 4.10. The summed E-state index contributed by atoms with van der Waals surface area (Å²) in [4.78, 5) is 0. The summed E-state index contributed by atoms with van der Waals surface area (Å²) in [7, 11) is 0. The van der Waals surface area contributed by atoms with Crippen LogP contribution in [0.3, 0.4) is 0 Å². The zero-order valence-electron chi connectivity index (χ0n) is 8.50. The molecule has 1 aromatic carbocycles. The van der Waals surface area contributed by atoms with E-state index in [0.29, 0.717) is 5.92 Å². The van der Waals surface area contributed by atoms with Gasteiger partial charge in [0.25, 0.3) is 0 Å². The second-order valence-electron chi connectivity index (χ2n) is 4.32. The molecule has 0 aromatic heterocycles. The van der Waals surface area contributed by atoms with Crippen LogP contribution < -0.4 is 10.1 Å². The molecule has 2 aliphatic rings. The number of hydrogen-bond acceptors (Lipinski definition) is 2. The fraction of sp³-hybridized carbons (Fsp3) is 0.500. The van der Waals surface area contributed by atoms with Crippen molar-refractivity contribution < 1.29 is 4.74 Å². The number of hydrogen-bond donors (Lipinski definition) is 1. The van der Waals surface area contributed by atoms with Crippen molar-refractivity contribution in [2.45, 2.75) is 12.3 Å². The zero-order valence-corrected chi connectivity index (χ0v) is 10.1. The maximum absolute atomic E-state index is 5.84. The molecule has 0 radical (unpaired) electrons. The smallest absolute Gasteiger partial charge is 0.136 e. The van der Waals surface area contributed by atoms with Crippen molar-refractivity contribution in [3.63, 3.8) is 0 Å². The van der Waals surface area contributed by atoms with Gasteiger partial charge in [-0.2, -0.15) is 0 Å². The van der Waals surface area contributed by atoms with E-state index in [0.717, 1.165) is 35.8 Å². The second kappa shape index (κ2) is 3.80. The number of nitrogens with one attached hydrogen (secondary N) is 1. The Labute approximate surface area is 98.1 Å². The van der Waals surface area contributed by atoms with Crippen LogP contribution in [0.4, 0.5) is 0 Å². The summed E-state index contributed by atoms with van der Waals surface area (Å²) in [5.74, 6) is 2.45. The Bertz CT molecular complexity index is 380. The summed E-state index contributed by atoms with van der Waals surface area (Å²) in [6.07, 6.45) is 1.17. The molecule has 0 aliphatic carbocycles. The SMILES string of the molecule is Brc1cccc2c1OCCC1CNCC21. The van der Waals surface area contributed by atoms with Crippen molar-refractivity contribution in [2.24, 2.45) is 5.92 Å². The van der Waals surface area contributed by atoms with Gasteiger partial charge in [0.1, 0.15) is 5.75 Å². The van der Waals surface area contributed by atoms with E-state index < -0.39 is 0 Å². The highest BCUT2D eigenvalue weighted by Gasteiger charge is 2.32. The Hall–Kier alpha value is -0.540. The molecule has 2 aliphatic heterocycles. The monoisotopic (exact) mass is 267 g/mol. The van der Waals surface area contributed by atoms with Gasteiger partial charge in [-0.15, -0.1) is 0 Å². The molecule has 0 bridgehead atoms. The Morgan fingerprint density at radius 3 is 3.20 bits per heavy atom. The van der Waals surface area contributed by atoms with Gasteiger partial charge in [0.05, 0.1) is 11.1 Å². The van der Waals surface area contributed by atoms with Crippen molar-refractivity contribution in [1.29, 1.82) is 0 Å². The topological polar surface area (TPSA) is 21.3 Å². The highest BCUT2D eigenvalue weighted by molar-refractivity contribution is 9.10. The lowest BCUT2D eigenvalue weighted by atomic mass is 9.87. The van der Waals surface area contributed by atoms with Crippen LogP contribution in [0.5, 0.6) is 5.75 Å². The van der Waals surface area contributed by atoms with Crippen molar-refractivity contribution in [2.75, 3.05) is 19.7 Å². The highest BCUT2D eigenvalue weighted by Crippen LogP contribution is 2.41. The van der Waals surface area contributed by atoms with Gasteiger partial charge in [-0.05, 0) is 46.4 Å². The molecule has 0 amide bonds. The molecule has 2 unspecified atom stereocenters. The van der Waals surface area contributed by atoms with Gasteiger partial charge in [-0.1, -0.05) is 12.1 Å². The van der Waals surface area contributed by atoms with Crippen molar-refractivity contribution >= 4 is 15.9 Å². The fourth-order valence-electron chi connectivity index (χ4n) is 2.68. The molecular formula is C12H14BrNO. The molecule has 0 saturated carbocycles. The summed E-state index contributed by atoms with van der Waals surface area (Å²) in [6.45, 7) is 3.08. The normalized spacial score (nSPS) is 28.9. The molecule has 1 fully saturated rings. The lowest BCUT2D eigenvalue weighted by Crippen LogP contribution is -2.11. The van der Waals surface area contributed by atoms with E-state index in [1.807, 2.05) is 0 Å². The van der Waals surface area contributed by atoms with E-state index >= 15 is 0 Å². The molecule has 2 nitrogen and oxygen atoms in total. The molecular weight excluding hydrogens is 254 g/mol. The minimum Gasteiger partial charge on any atom is -0.492 e. The number of rotatable bonds is 0. The quantitative estimate of drug-likeness (QED) is 0.780. The average Bonchev–Trinajstić information content (AvgIpc) is 2.62. The highest BCUT2D eigenvalue weighted by atomic mass is 79.9. The van der Waals surface area contributed by atoms with Crippen LogP contribution in [0, 0.1) is 5.92 Å². The van der Waals surface area contributed by atoms with E-state index in [1.165, 1.54) is 12.0 Å². The number of halogens is 1. The predicted octanol–water partition coefficient (Wildman–Crippen LogP) is 2.53. The Morgan fingerprint density at radius 1 is 1.33 bits per heavy atom. The summed E-state index contributed by atoms with van der Waals surface area (Å²) >= 11 is 3.57. The number of benzene rings is 1. The first-order valence-electron chi connectivity index (χ1n) is 5.48. The van der Waals surface area contributed by atoms with E-state index in [2.05, 4.69) is 39.4 Å². The van der Waals surface area contributed by atoms with Gasteiger partial charge < -0.3 is 10.1 Å². The maximum Gasteiger partial charge on any atom is 0.136 e. The molecule has 3 heteroatoms. The van der Waals surface area contributed by atoms with Crippen LogP contribution >= 0.6 is 15.9 Å².